The number of halogens is 1. The van der Waals surface area contributed by atoms with Gasteiger partial charge in [-0.3, -0.25) is 0 Å². The molecule has 0 bridgehead atoms. The predicted molar refractivity (Wildman–Crippen MR) is 41.0 cm³/mol. The summed E-state index contributed by atoms with van der Waals surface area (Å²) in [6, 6.07) is 3.60. The first-order valence-electron chi connectivity index (χ1n) is 2.48. The summed E-state index contributed by atoms with van der Waals surface area (Å²) < 4.78 is 0. The molecule has 0 amide bonds. The Morgan fingerprint density at radius 3 is 2.89 bits per heavy atom. The molecule has 0 aliphatic carbocycles. The van der Waals surface area contributed by atoms with Gasteiger partial charge in [-0.25, -0.2) is 4.98 Å². The van der Waals surface area contributed by atoms with E-state index in [0.29, 0.717) is 0 Å². The van der Waals surface area contributed by atoms with E-state index in [4.69, 9.17) is 11.6 Å². The fourth-order valence-corrected chi connectivity index (χ4v) is 1.13. The lowest BCUT2D eigenvalue weighted by atomic mass is 10.5. The van der Waals surface area contributed by atoms with Crippen molar-refractivity contribution < 1.29 is 0 Å². The highest BCUT2D eigenvalue weighted by atomic mass is 35.5. The van der Waals surface area contributed by atoms with E-state index in [1.165, 1.54) is 0 Å². The van der Waals surface area contributed by atoms with Gasteiger partial charge in [0.1, 0.15) is 0 Å². The van der Waals surface area contributed by atoms with Gasteiger partial charge in [-0.2, -0.15) is 0 Å². The minimum Gasteiger partial charge on any atom is -0.250 e. The fraction of sp³-hybridized carbons (Fsp3) is 0.167. The summed E-state index contributed by atoms with van der Waals surface area (Å²) in [6.45, 7) is 0. The molecule has 1 rings (SSSR count). The number of nitrogens with zero attached hydrogens (tertiary/aromatic N) is 1. The number of hydrogen-bond acceptors (Lipinski definition) is 2. The van der Waals surface area contributed by atoms with Gasteiger partial charge >= 0.3 is 0 Å². The van der Waals surface area contributed by atoms with E-state index < -0.39 is 0 Å². The van der Waals surface area contributed by atoms with Crippen molar-refractivity contribution in [2.24, 2.45) is 0 Å². The standard InChI is InChI=1S/C6H6ClNS/c1-9-6-4-5(7)2-3-8-6/h2-4H,1H3. The zero-order valence-electron chi connectivity index (χ0n) is 4.97. The third-order valence-electron chi connectivity index (χ3n) is 0.906. The first-order chi connectivity index (χ1) is 4.33. The molecule has 0 spiro atoms. The van der Waals surface area contributed by atoms with Crippen molar-refractivity contribution in [3.05, 3.63) is 23.4 Å². The Labute approximate surface area is 63.4 Å². The number of pyridine rings is 1. The van der Waals surface area contributed by atoms with Gasteiger partial charge in [0, 0.05) is 11.2 Å². The van der Waals surface area contributed by atoms with E-state index >= 15 is 0 Å². The molecule has 0 aliphatic heterocycles. The molecule has 0 radical (unpaired) electrons. The highest BCUT2D eigenvalue weighted by Gasteiger charge is 1.89. The van der Waals surface area contributed by atoms with Crippen molar-refractivity contribution in [3.8, 4) is 0 Å². The average Bonchev–Trinajstić information content (AvgIpc) is 1.88. The Balaban J connectivity index is 2.94. The van der Waals surface area contributed by atoms with Gasteiger partial charge in [-0.1, -0.05) is 11.6 Å². The molecule has 3 heteroatoms. The molecule has 1 aromatic heterocycles. The lowest BCUT2D eigenvalue weighted by Crippen LogP contribution is -1.74. The molecule has 0 N–H and O–H groups in total. The van der Waals surface area contributed by atoms with Crippen molar-refractivity contribution in [1.82, 2.24) is 4.98 Å². The highest BCUT2D eigenvalue weighted by Crippen LogP contribution is 2.15. The van der Waals surface area contributed by atoms with E-state index in [1.807, 2.05) is 12.3 Å². The number of hydrogen-bond donors (Lipinski definition) is 0. The topological polar surface area (TPSA) is 12.9 Å². The second kappa shape index (κ2) is 3.08. The largest absolute Gasteiger partial charge is 0.250 e. The summed E-state index contributed by atoms with van der Waals surface area (Å²) in [6.07, 6.45) is 3.67. The van der Waals surface area contributed by atoms with Crippen LogP contribution in [-0.2, 0) is 0 Å². The van der Waals surface area contributed by atoms with Crippen LogP contribution in [0.1, 0.15) is 0 Å². The van der Waals surface area contributed by atoms with Crippen LogP contribution in [0, 0.1) is 0 Å². The van der Waals surface area contributed by atoms with E-state index in [9.17, 15) is 0 Å². The Morgan fingerprint density at radius 1 is 1.67 bits per heavy atom. The molecule has 9 heavy (non-hydrogen) atoms. The van der Waals surface area contributed by atoms with Crippen LogP contribution in [0.5, 0.6) is 0 Å². The van der Waals surface area contributed by atoms with E-state index in [2.05, 4.69) is 4.98 Å². The molecule has 0 saturated heterocycles. The maximum Gasteiger partial charge on any atom is 0.0971 e. The minimum atomic E-state index is 0.745. The molecule has 0 fully saturated rings. The fourth-order valence-electron chi connectivity index (χ4n) is 0.497. The lowest BCUT2D eigenvalue weighted by Gasteiger charge is -1.92. The third kappa shape index (κ3) is 1.88. The molecule has 0 aromatic carbocycles. The van der Waals surface area contributed by atoms with Crippen molar-refractivity contribution in [3.63, 3.8) is 0 Å². The second-order valence-electron chi connectivity index (χ2n) is 1.52. The Morgan fingerprint density at radius 2 is 2.44 bits per heavy atom. The van der Waals surface area contributed by atoms with Gasteiger partial charge in [-0.05, 0) is 18.4 Å². The number of aromatic nitrogens is 1. The zero-order valence-corrected chi connectivity index (χ0v) is 6.54. The van der Waals surface area contributed by atoms with E-state index in [0.717, 1.165) is 10.0 Å². The quantitative estimate of drug-likeness (QED) is 0.584. The predicted octanol–water partition coefficient (Wildman–Crippen LogP) is 2.46. The Kier molecular flexibility index (Phi) is 2.37. The monoisotopic (exact) mass is 159 g/mol. The van der Waals surface area contributed by atoms with Crippen LogP contribution >= 0.6 is 23.4 Å². The van der Waals surface area contributed by atoms with Gasteiger partial charge in [0.2, 0.25) is 0 Å². The Bertz CT molecular complexity index is 202. The van der Waals surface area contributed by atoms with Crippen LogP contribution in [0.2, 0.25) is 5.02 Å². The van der Waals surface area contributed by atoms with Crippen LogP contribution in [0.15, 0.2) is 23.4 Å². The molecular weight excluding hydrogens is 154 g/mol. The van der Waals surface area contributed by atoms with Gasteiger partial charge < -0.3 is 0 Å². The van der Waals surface area contributed by atoms with E-state index in [1.54, 1.807) is 24.0 Å². The first kappa shape index (κ1) is 6.90. The second-order valence-corrected chi connectivity index (χ2v) is 2.78. The molecule has 1 aromatic rings. The molecule has 1 heterocycles. The summed E-state index contributed by atoms with van der Waals surface area (Å²) >= 11 is 7.26. The lowest BCUT2D eigenvalue weighted by molar-refractivity contribution is 1.14. The maximum absolute atomic E-state index is 5.67. The molecule has 48 valence electrons. The van der Waals surface area contributed by atoms with E-state index in [-0.39, 0.29) is 0 Å². The molecule has 0 atom stereocenters. The molecule has 1 nitrogen and oxygen atoms in total. The van der Waals surface area contributed by atoms with Gasteiger partial charge in [0.05, 0.1) is 5.03 Å². The average molecular weight is 160 g/mol. The summed E-state index contributed by atoms with van der Waals surface area (Å²) in [4.78, 5) is 4.04. The zero-order chi connectivity index (χ0) is 6.69. The maximum atomic E-state index is 5.67. The Hall–Kier alpha value is -0.210. The molecule has 0 unspecified atom stereocenters. The van der Waals surface area contributed by atoms with Crippen molar-refractivity contribution in [2.75, 3.05) is 6.26 Å². The van der Waals surface area contributed by atoms with Crippen LogP contribution in [0.3, 0.4) is 0 Å². The highest BCUT2D eigenvalue weighted by molar-refractivity contribution is 7.98. The summed E-state index contributed by atoms with van der Waals surface area (Å²) in [7, 11) is 0. The number of thioether (sulfide) groups is 1. The summed E-state index contributed by atoms with van der Waals surface area (Å²) in [5.41, 5.74) is 0. The summed E-state index contributed by atoms with van der Waals surface area (Å²) in [5.74, 6) is 0. The summed E-state index contributed by atoms with van der Waals surface area (Å²) in [5, 5.41) is 1.71. The van der Waals surface area contributed by atoms with Gasteiger partial charge in [0.15, 0.2) is 0 Å². The number of rotatable bonds is 1. The van der Waals surface area contributed by atoms with Crippen LogP contribution in [0.25, 0.3) is 0 Å². The smallest absolute Gasteiger partial charge is 0.0971 e. The van der Waals surface area contributed by atoms with Crippen molar-refractivity contribution in [1.29, 1.82) is 0 Å². The molecule has 0 saturated carbocycles. The SMILES string of the molecule is CSc1cc(Cl)ccn1. The van der Waals surface area contributed by atoms with Crippen LogP contribution in [0.4, 0.5) is 0 Å². The molecular formula is C6H6ClNS. The van der Waals surface area contributed by atoms with Crippen LogP contribution in [-0.4, -0.2) is 11.2 Å². The van der Waals surface area contributed by atoms with Crippen molar-refractivity contribution in [2.45, 2.75) is 5.03 Å². The normalized spacial score (nSPS) is 9.56. The first-order valence-corrected chi connectivity index (χ1v) is 4.09. The molecule has 0 aliphatic rings. The minimum absolute atomic E-state index is 0.745. The van der Waals surface area contributed by atoms with Crippen molar-refractivity contribution >= 4 is 23.4 Å². The van der Waals surface area contributed by atoms with Crippen LogP contribution < -0.4 is 0 Å². The third-order valence-corrected chi connectivity index (χ3v) is 1.78. The van der Waals surface area contributed by atoms with Gasteiger partial charge in [0.25, 0.3) is 0 Å². The van der Waals surface area contributed by atoms with Gasteiger partial charge in [-0.15, -0.1) is 11.8 Å².